The van der Waals surface area contributed by atoms with Crippen LogP contribution >= 0.6 is 24.0 Å². The summed E-state index contributed by atoms with van der Waals surface area (Å²) in [6.07, 6.45) is 0. The van der Waals surface area contributed by atoms with Crippen molar-refractivity contribution in [2.24, 2.45) is 4.99 Å². The van der Waals surface area contributed by atoms with Gasteiger partial charge in [0.2, 0.25) is 5.75 Å². The summed E-state index contributed by atoms with van der Waals surface area (Å²) in [4.78, 5) is 4.27. The van der Waals surface area contributed by atoms with E-state index in [2.05, 4.69) is 15.6 Å². The van der Waals surface area contributed by atoms with Crippen LogP contribution < -0.4 is 34.3 Å². The Morgan fingerprint density at radius 3 is 1.87 bits per heavy atom. The molecular formula is C21H30IN3O5. The van der Waals surface area contributed by atoms with Crippen LogP contribution in [0.15, 0.2) is 35.3 Å². The van der Waals surface area contributed by atoms with Gasteiger partial charge in [0.25, 0.3) is 0 Å². The zero-order chi connectivity index (χ0) is 21.2. The molecule has 0 fully saturated rings. The van der Waals surface area contributed by atoms with Crippen LogP contribution in [0.3, 0.4) is 0 Å². The number of benzene rings is 2. The highest BCUT2D eigenvalue weighted by atomic mass is 127. The van der Waals surface area contributed by atoms with E-state index in [0.717, 1.165) is 22.6 Å². The van der Waals surface area contributed by atoms with Crippen molar-refractivity contribution in [3.05, 3.63) is 41.5 Å². The molecular weight excluding hydrogens is 501 g/mol. The molecule has 0 bridgehead atoms. The first-order chi connectivity index (χ1) is 14.1. The number of nitrogens with one attached hydrogen (secondary N) is 2. The summed E-state index contributed by atoms with van der Waals surface area (Å²) in [6, 6.07) is 9.46. The van der Waals surface area contributed by atoms with Crippen molar-refractivity contribution in [2.75, 3.05) is 42.6 Å². The van der Waals surface area contributed by atoms with Crippen LogP contribution in [-0.4, -0.2) is 48.6 Å². The Kier molecular flexibility index (Phi) is 10.9. The van der Waals surface area contributed by atoms with Crippen molar-refractivity contribution < 1.29 is 23.7 Å². The Morgan fingerprint density at radius 1 is 0.733 bits per heavy atom. The second kappa shape index (κ2) is 12.9. The molecule has 0 saturated heterocycles. The molecule has 0 aromatic heterocycles. The Labute approximate surface area is 194 Å². The number of hydrogen-bond donors (Lipinski definition) is 2. The maximum atomic E-state index is 5.52. The van der Waals surface area contributed by atoms with E-state index in [4.69, 9.17) is 23.7 Å². The molecule has 30 heavy (non-hydrogen) atoms. The van der Waals surface area contributed by atoms with Crippen LogP contribution in [0.2, 0.25) is 0 Å². The van der Waals surface area contributed by atoms with E-state index in [1.165, 1.54) is 0 Å². The van der Waals surface area contributed by atoms with Gasteiger partial charge in [-0.15, -0.1) is 24.0 Å². The Balaban J connectivity index is 0.00000450. The molecule has 0 aliphatic carbocycles. The molecule has 0 saturated carbocycles. The van der Waals surface area contributed by atoms with Gasteiger partial charge < -0.3 is 34.3 Å². The second-order valence-corrected chi connectivity index (χ2v) is 5.95. The number of guanidine groups is 1. The highest BCUT2D eigenvalue weighted by Crippen LogP contribution is 2.39. The second-order valence-electron chi connectivity index (χ2n) is 5.95. The first-order valence-corrected chi connectivity index (χ1v) is 9.05. The van der Waals surface area contributed by atoms with Crippen molar-refractivity contribution in [1.82, 2.24) is 10.6 Å². The fraction of sp³-hybridized carbons (Fsp3) is 0.381. The van der Waals surface area contributed by atoms with Gasteiger partial charge in [-0.1, -0.05) is 0 Å². The van der Waals surface area contributed by atoms with E-state index < -0.39 is 0 Å². The largest absolute Gasteiger partial charge is 0.497 e. The first kappa shape index (κ1) is 25.5. The Bertz CT molecular complexity index is 846. The van der Waals surface area contributed by atoms with Gasteiger partial charge in [-0.3, -0.25) is 4.99 Å². The average Bonchev–Trinajstić information content (AvgIpc) is 2.78. The molecule has 0 aliphatic rings. The molecule has 2 N–H and O–H groups in total. The average molecular weight is 531 g/mol. The van der Waals surface area contributed by atoms with Gasteiger partial charge in [-0.25, -0.2) is 0 Å². The number of methoxy groups -OCH3 is 5. The van der Waals surface area contributed by atoms with Gasteiger partial charge in [0.15, 0.2) is 17.5 Å². The minimum Gasteiger partial charge on any atom is -0.497 e. The molecule has 166 valence electrons. The van der Waals surface area contributed by atoms with Gasteiger partial charge in [0.05, 0.1) is 35.5 Å². The normalized spacial score (nSPS) is 10.5. The summed E-state index contributed by atoms with van der Waals surface area (Å²) in [5.41, 5.74) is 1.90. The van der Waals surface area contributed by atoms with Gasteiger partial charge in [0, 0.05) is 37.3 Å². The number of rotatable bonds is 9. The van der Waals surface area contributed by atoms with E-state index in [0.29, 0.717) is 36.3 Å². The van der Waals surface area contributed by atoms with Crippen molar-refractivity contribution in [1.29, 1.82) is 0 Å². The molecule has 0 amide bonds. The van der Waals surface area contributed by atoms with E-state index in [-0.39, 0.29) is 24.0 Å². The molecule has 0 atom stereocenters. The standard InChI is InChI=1S/C21H29N3O5.HI/c1-22-21(23-12-14-7-9-16(25-2)11-18(14)27-4)24-13-15-8-10-17(26-3)20(29-6)19(15)28-5;/h7-11H,12-13H2,1-6H3,(H2,22,23,24);1H. The Morgan fingerprint density at radius 2 is 1.33 bits per heavy atom. The van der Waals surface area contributed by atoms with Crippen molar-refractivity contribution >= 4 is 29.9 Å². The van der Waals surface area contributed by atoms with Crippen LogP contribution in [0.4, 0.5) is 0 Å². The third-order valence-corrected chi connectivity index (χ3v) is 4.40. The summed E-state index contributed by atoms with van der Waals surface area (Å²) in [7, 11) is 9.75. The fourth-order valence-corrected chi connectivity index (χ4v) is 2.88. The highest BCUT2D eigenvalue weighted by Gasteiger charge is 2.16. The monoisotopic (exact) mass is 531 g/mol. The summed E-state index contributed by atoms with van der Waals surface area (Å²) in [6.45, 7) is 1.03. The van der Waals surface area contributed by atoms with Gasteiger partial charge in [-0.2, -0.15) is 0 Å². The third-order valence-electron chi connectivity index (χ3n) is 4.40. The molecule has 2 rings (SSSR count). The van der Waals surface area contributed by atoms with Crippen LogP contribution in [-0.2, 0) is 13.1 Å². The molecule has 8 nitrogen and oxygen atoms in total. The van der Waals surface area contributed by atoms with Crippen LogP contribution in [0.25, 0.3) is 0 Å². The lowest BCUT2D eigenvalue weighted by Gasteiger charge is -2.18. The van der Waals surface area contributed by atoms with Crippen molar-refractivity contribution in [2.45, 2.75) is 13.1 Å². The molecule has 0 aliphatic heterocycles. The fourth-order valence-electron chi connectivity index (χ4n) is 2.88. The molecule has 0 unspecified atom stereocenters. The lowest BCUT2D eigenvalue weighted by molar-refractivity contribution is 0.322. The lowest BCUT2D eigenvalue weighted by Crippen LogP contribution is -2.36. The number of nitrogens with zero attached hydrogens (tertiary/aromatic N) is 1. The van der Waals surface area contributed by atoms with Gasteiger partial charge in [-0.05, 0) is 24.3 Å². The predicted octanol–water partition coefficient (Wildman–Crippen LogP) is 3.21. The molecule has 9 heteroatoms. The summed E-state index contributed by atoms with van der Waals surface area (Å²) >= 11 is 0. The lowest BCUT2D eigenvalue weighted by atomic mass is 10.1. The van der Waals surface area contributed by atoms with Gasteiger partial charge in [0.1, 0.15) is 11.5 Å². The summed E-state index contributed by atoms with van der Waals surface area (Å²) in [5, 5.41) is 6.55. The SMILES string of the molecule is CN=C(NCc1ccc(OC)cc1OC)NCc1ccc(OC)c(OC)c1OC.I. The number of hydrogen-bond acceptors (Lipinski definition) is 6. The summed E-state index contributed by atoms with van der Waals surface area (Å²) < 4.78 is 27.0. The topological polar surface area (TPSA) is 82.6 Å². The number of ether oxygens (including phenoxy) is 5. The van der Waals surface area contributed by atoms with Crippen LogP contribution in [0.1, 0.15) is 11.1 Å². The van der Waals surface area contributed by atoms with Crippen molar-refractivity contribution in [3.63, 3.8) is 0 Å². The smallest absolute Gasteiger partial charge is 0.203 e. The maximum absolute atomic E-state index is 5.52. The molecule has 2 aromatic rings. The van der Waals surface area contributed by atoms with E-state index in [1.807, 2.05) is 30.3 Å². The number of aliphatic imine (C=N–C) groups is 1. The third kappa shape index (κ3) is 6.22. The molecule has 0 heterocycles. The Hall–Kier alpha value is -2.56. The van der Waals surface area contributed by atoms with E-state index >= 15 is 0 Å². The highest BCUT2D eigenvalue weighted by molar-refractivity contribution is 14.0. The van der Waals surface area contributed by atoms with Crippen LogP contribution in [0.5, 0.6) is 28.7 Å². The maximum Gasteiger partial charge on any atom is 0.203 e. The quantitative estimate of drug-likeness (QED) is 0.292. The van der Waals surface area contributed by atoms with Crippen molar-refractivity contribution in [3.8, 4) is 28.7 Å². The predicted molar refractivity (Wildman–Crippen MR) is 128 cm³/mol. The van der Waals surface area contributed by atoms with Gasteiger partial charge >= 0.3 is 0 Å². The summed E-state index contributed by atoms with van der Waals surface area (Å²) in [5.74, 6) is 3.91. The van der Waals surface area contributed by atoms with E-state index in [9.17, 15) is 0 Å². The minimum absolute atomic E-state index is 0. The zero-order valence-electron chi connectivity index (χ0n) is 18.2. The zero-order valence-corrected chi connectivity index (χ0v) is 20.5. The number of halogens is 1. The van der Waals surface area contributed by atoms with E-state index in [1.54, 1.807) is 42.6 Å². The minimum atomic E-state index is 0. The molecule has 0 radical (unpaired) electrons. The van der Waals surface area contributed by atoms with Crippen LogP contribution in [0, 0.1) is 0 Å². The molecule has 2 aromatic carbocycles. The molecule has 0 spiro atoms. The first-order valence-electron chi connectivity index (χ1n) is 9.05.